The fraction of sp³-hybridized carbons (Fsp3) is 0. The molecule has 2 aromatic carbocycles. The van der Waals surface area contributed by atoms with Crippen molar-refractivity contribution in [1.29, 1.82) is 10.8 Å². The van der Waals surface area contributed by atoms with Crippen LogP contribution in [0.25, 0.3) is 0 Å². The van der Waals surface area contributed by atoms with E-state index in [1.165, 1.54) is 0 Å². The van der Waals surface area contributed by atoms with Gasteiger partial charge in [0.1, 0.15) is 11.7 Å². The Balaban J connectivity index is 2.08. The van der Waals surface area contributed by atoms with Gasteiger partial charge in [-0.3, -0.25) is 10.8 Å². The number of benzene rings is 2. The maximum Gasteiger partial charge on any atom is 0.131 e. The van der Waals surface area contributed by atoms with Crippen LogP contribution in [0.3, 0.4) is 0 Å². The Morgan fingerprint density at radius 3 is 1.83 bits per heavy atom. The number of amidine groups is 2. The van der Waals surface area contributed by atoms with E-state index in [0.29, 0.717) is 0 Å². The van der Waals surface area contributed by atoms with Gasteiger partial charge in [-0.1, -0.05) is 58.4 Å². The van der Waals surface area contributed by atoms with E-state index in [1.807, 2.05) is 54.6 Å². The molecule has 0 spiro atoms. The van der Waals surface area contributed by atoms with Crippen molar-refractivity contribution in [2.24, 2.45) is 0 Å². The number of nitrogens with one attached hydrogen (secondary N) is 3. The molecule has 0 aromatic heterocycles. The van der Waals surface area contributed by atoms with Crippen LogP contribution in [0.2, 0.25) is 0 Å². The highest BCUT2D eigenvalue weighted by Gasteiger charge is 2.05. The zero-order valence-electron chi connectivity index (χ0n) is 9.57. The summed E-state index contributed by atoms with van der Waals surface area (Å²) in [5, 5.41) is 18.6. The van der Waals surface area contributed by atoms with Crippen molar-refractivity contribution < 1.29 is 0 Å². The molecule has 0 aliphatic carbocycles. The average Bonchev–Trinajstić information content (AvgIpc) is 2.40. The van der Waals surface area contributed by atoms with E-state index in [2.05, 4.69) is 21.2 Å². The van der Waals surface area contributed by atoms with E-state index >= 15 is 0 Å². The Bertz CT molecular complexity index is 561. The number of hydrogen-bond donors (Lipinski definition) is 3. The Morgan fingerprint density at radius 1 is 0.778 bits per heavy atom. The molecule has 4 heteroatoms. The molecule has 0 amide bonds. The number of halogens is 1. The predicted octanol–water partition coefficient (Wildman–Crippen LogP) is 3.39. The van der Waals surface area contributed by atoms with Crippen molar-refractivity contribution in [1.82, 2.24) is 5.32 Å². The van der Waals surface area contributed by atoms with Gasteiger partial charge < -0.3 is 5.32 Å². The molecule has 0 fully saturated rings. The molecule has 0 saturated heterocycles. The smallest absolute Gasteiger partial charge is 0.131 e. The molecule has 0 bridgehead atoms. The van der Waals surface area contributed by atoms with E-state index in [4.69, 9.17) is 10.8 Å². The minimum Gasteiger partial charge on any atom is -0.325 e. The molecule has 3 nitrogen and oxygen atoms in total. The molecule has 18 heavy (non-hydrogen) atoms. The van der Waals surface area contributed by atoms with E-state index in [9.17, 15) is 0 Å². The van der Waals surface area contributed by atoms with Gasteiger partial charge in [-0.05, 0) is 12.1 Å². The maximum atomic E-state index is 7.91. The van der Waals surface area contributed by atoms with Crippen LogP contribution >= 0.6 is 15.9 Å². The Labute approximate surface area is 114 Å². The van der Waals surface area contributed by atoms with Crippen molar-refractivity contribution in [3.8, 4) is 0 Å². The summed E-state index contributed by atoms with van der Waals surface area (Å²) in [7, 11) is 0. The zero-order chi connectivity index (χ0) is 13.0. The van der Waals surface area contributed by atoms with Gasteiger partial charge in [0.2, 0.25) is 0 Å². The summed E-state index contributed by atoms with van der Waals surface area (Å²) in [5.41, 5.74) is 1.51. The Kier molecular flexibility index (Phi) is 3.89. The molecule has 0 saturated carbocycles. The van der Waals surface area contributed by atoms with Gasteiger partial charge in [-0.15, -0.1) is 0 Å². The Hall–Kier alpha value is -1.94. The molecular weight excluding hydrogens is 290 g/mol. The molecule has 2 aromatic rings. The first kappa shape index (κ1) is 12.5. The summed E-state index contributed by atoms with van der Waals surface area (Å²) < 4.78 is 0.970. The molecule has 3 N–H and O–H groups in total. The molecule has 2 rings (SSSR count). The lowest BCUT2D eigenvalue weighted by atomic mass is 10.1. The third kappa shape index (κ3) is 3.05. The van der Waals surface area contributed by atoms with Crippen molar-refractivity contribution in [3.05, 3.63) is 70.2 Å². The van der Waals surface area contributed by atoms with E-state index < -0.39 is 0 Å². The highest BCUT2D eigenvalue weighted by Crippen LogP contribution is 2.10. The highest BCUT2D eigenvalue weighted by molar-refractivity contribution is 9.10. The van der Waals surface area contributed by atoms with Crippen LogP contribution < -0.4 is 5.32 Å². The fourth-order valence-electron chi connectivity index (χ4n) is 1.49. The summed E-state index contributed by atoms with van der Waals surface area (Å²) >= 11 is 3.35. The minimum atomic E-state index is 0.219. The largest absolute Gasteiger partial charge is 0.325 e. The monoisotopic (exact) mass is 301 g/mol. The first-order chi connectivity index (χ1) is 8.66. The second-order valence-corrected chi connectivity index (χ2v) is 4.66. The molecule has 0 radical (unpaired) electrons. The van der Waals surface area contributed by atoms with Crippen LogP contribution in [0.5, 0.6) is 0 Å². The highest BCUT2D eigenvalue weighted by atomic mass is 79.9. The molecule has 0 aliphatic rings. The van der Waals surface area contributed by atoms with E-state index in [-0.39, 0.29) is 11.7 Å². The summed E-state index contributed by atoms with van der Waals surface area (Å²) in [6.45, 7) is 0. The van der Waals surface area contributed by atoms with Crippen molar-refractivity contribution in [2.75, 3.05) is 0 Å². The van der Waals surface area contributed by atoms with Gasteiger partial charge in [0.25, 0.3) is 0 Å². The molecule has 0 unspecified atom stereocenters. The van der Waals surface area contributed by atoms with Crippen molar-refractivity contribution >= 4 is 27.6 Å². The van der Waals surface area contributed by atoms with Crippen LogP contribution in [-0.2, 0) is 0 Å². The van der Waals surface area contributed by atoms with Gasteiger partial charge >= 0.3 is 0 Å². The summed E-state index contributed by atoms with van der Waals surface area (Å²) in [6.07, 6.45) is 0. The minimum absolute atomic E-state index is 0.219. The van der Waals surface area contributed by atoms with Gasteiger partial charge in [0.15, 0.2) is 0 Å². The first-order valence-corrected chi connectivity index (χ1v) is 6.21. The number of hydrogen-bond acceptors (Lipinski definition) is 2. The predicted molar refractivity (Wildman–Crippen MR) is 77.4 cm³/mol. The molecule has 0 atom stereocenters. The normalized spacial score (nSPS) is 9.83. The molecule has 0 aliphatic heterocycles. The summed E-state index contributed by atoms with van der Waals surface area (Å²) in [4.78, 5) is 0. The van der Waals surface area contributed by atoms with Crippen LogP contribution in [0.15, 0.2) is 59.1 Å². The van der Waals surface area contributed by atoms with Crippen molar-refractivity contribution in [2.45, 2.75) is 0 Å². The summed E-state index contributed by atoms with van der Waals surface area (Å²) in [5.74, 6) is 0.444. The molecular formula is C14H12BrN3. The third-order valence-electron chi connectivity index (χ3n) is 2.45. The lowest BCUT2D eigenvalue weighted by Crippen LogP contribution is -2.30. The molecule has 0 heterocycles. The average molecular weight is 302 g/mol. The van der Waals surface area contributed by atoms with E-state index in [0.717, 1.165) is 15.6 Å². The van der Waals surface area contributed by atoms with Gasteiger partial charge in [-0.2, -0.15) is 0 Å². The topological polar surface area (TPSA) is 59.7 Å². The third-order valence-corrected chi connectivity index (χ3v) is 2.97. The zero-order valence-corrected chi connectivity index (χ0v) is 11.2. The SMILES string of the molecule is N=C(NC(=N)c1ccc(Br)cc1)c1ccccc1. The van der Waals surface area contributed by atoms with Crippen LogP contribution in [0.1, 0.15) is 11.1 Å². The second-order valence-electron chi connectivity index (χ2n) is 3.75. The summed E-state index contributed by atoms with van der Waals surface area (Å²) in [6, 6.07) is 16.7. The van der Waals surface area contributed by atoms with Crippen molar-refractivity contribution in [3.63, 3.8) is 0 Å². The van der Waals surface area contributed by atoms with Crippen LogP contribution in [0.4, 0.5) is 0 Å². The van der Waals surface area contributed by atoms with Gasteiger partial charge in [-0.25, -0.2) is 0 Å². The Morgan fingerprint density at radius 2 is 1.28 bits per heavy atom. The van der Waals surface area contributed by atoms with E-state index in [1.54, 1.807) is 0 Å². The number of rotatable bonds is 2. The van der Waals surface area contributed by atoms with Crippen LogP contribution in [0, 0.1) is 10.8 Å². The maximum absolute atomic E-state index is 7.91. The quantitative estimate of drug-likeness (QED) is 0.578. The lowest BCUT2D eigenvalue weighted by Gasteiger charge is -2.09. The fourth-order valence-corrected chi connectivity index (χ4v) is 1.76. The lowest BCUT2D eigenvalue weighted by molar-refractivity contribution is 1.24. The van der Waals surface area contributed by atoms with Crippen LogP contribution in [-0.4, -0.2) is 11.7 Å². The second kappa shape index (κ2) is 5.60. The van der Waals surface area contributed by atoms with Gasteiger partial charge in [0, 0.05) is 15.6 Å². The van der Waals surface area contributed by atoms with Gasteiger partial charge in [0.05, 0.1) is 0 Å². The first-order valence-electron chi connectivity index (χ1n) is 5.42. The standard InChI is InChI=1S/C14H12BrN3/c15-12-8-6-11(7-9-12)14(17)18-13(16)10-4-2-1-3-5-10/h1-9H,(H3,16,17,18). The molecule has 90 valence electrons.